The molecule has 3 rings (SSSR count). The fourth-order valence-electron chi connectivity index (χ4n) is 3.19. The second kappa shape index (κ2) is 8.52. The van der Waals surface area contributed by atoms with E-state index in [1.807, 2.05) is 55.6 Å². The van der Waals surface area contributed by atoms with Gasteiger partial charge in [-0.2, -0.15) is 4.31 Å². The minimum absolute atomic E-state index is 0.0768. The Hall–Kier alpha value is -1.74. The predicted molar refractivity (Wildman–Crippen MR) is 107 cm³/mol. The zero-order valence-corrected chi connectivity index (χ0v) is 17.1. The Labute approximate surface area is 164 Å². The Balaban J connectivity index is 1.60. The number of thiophene rings is 1. The third-order valence-corrected chi connectivity index (χ3v) is 7.10. The number of hydrogen-bond donors (Lipinski definition) is 1. The summed E-state index contributed by atoms with van der Waals surface area (Å²) in [7, 11) is -3.43. The number of nitrogens with one attached hydrogen (secondary N) is 1. The summed E-state index contributed by atoms with van der Waals surface area (Å²) in [6, 6.07) is 11.6. The third-order valence-electron chi connectivity index (χ3n) is 4.38. The number of carbonyl (C=O) groups is 1. The second-order valence-corrected chi connectivity index (χ2v) is 9.68. The van der Waals surface area contributed by atoms with Gasteiger partial charge < -0.3 is 10.1 Å². The van der Waals surface area contributed by atoms with Crippen LogP contribution in [0.25, 0.3) is 11.1 Å². The molecule has 1 fully saturated rings. The summed E-state index contributed by atoms with van der Waals surface area (Å²) in [6.07, 6.45) is -0.254. The third kappa shape index (κ3) is 4.95. The Morgan fingerprint density at radius 2 is 1.85 bits per heavy atom. The summed E-state index contributed by atoms with van der Waals surface area (Å²) in [5.74, 6) is -0.368. The first-order valence-electron chi connectivity index (χ1n) is 8.91. The highest BCUT2D eigenvalue weighted by atomic mass is 32.2. The average Bonchev–Trinajstić information content (AvgIpc) is 3.11. The van der Waals surface area contributed by atoms with E-state index in [4.69, 9.17) is 4.74 Å². The number of hydrogen-bond acceptors (Lipinski definition) is 5. The summed E-state index contributed by atoms with van der Waals surface area (Å²) < 4.78 is 32.2. The highest BCUT2D eigenvalue weighted by Crippen LogP contribution is 2.28. The van der Waals surface area contributed by atoms with Crippen molar-refractivity contribution in [1.82, 2.24) is 9.62 Å². The van der Waals surface area contributed by atoms with E-state index in [0.717, 1.165) is 11.1 Å². The maximum absolute atomic E-state index is 12.6. The fraction of sp³-hybridized carbons (Fsp3) is 0.421. The molecule has 1 aromatic carbocycles. The molecule has 2 aromatic rings. The van der Waals surface area contributed by atoms with Crippen LogP contribution < -0.4 is 5.32 Å². The lowest BCUT2D eigenvalue weighted by molar-refractivity contribution is -0.0440. The molecule has 0 aliphatic carbocycles. The van der Waals surface area contributed by atoms with Gasteiger partial charge >= 0.3 is 0 Å². The summed E-state index contributed by atoms with van der Waals surface area (Å²) in [4.78, 5) is 13.1. The molecule has 6 nitrogen and oxygen atoms in total. The highest BCUT2D eigenvalue weighted by molar-refractivity contribution is 7.89. The first-order valence-corrected chi connectivity index (χ1v) is 11.4. The SMILES string of the molecule is C[C@@H]1CN(S(=O)(=O)CCNC(=O)c2sccc2-c2ccccc2)C[C@H](C)O1. The molecule has 1 aliphatic heterocycles. The number of nitrogens with zero attached hydrogens (tertiary/aromatic N) is 1. The van der Waals surface area contributed by atoms with Gasteiger partial charge in [-0.05, 0) is 30.9 Å². The van der Waals surface area contributed by atoms with Crippen molar-refractivity contribution in [2.75, 3.05) is 25.4 Å². The van der Waals surface area contributed by atoms with Crippen LogP contribution in [0.5, 0.6) is 0 Å². The number of morpholine rings is 1. The number of amides is 1. The molecule has 1 aromatic heterocycles. The molecule has 0 saturated carbocycles. The molecule has 1 N–H and O–H groups in total. The molecule has 0 bridgehead atoms. The van der Waals surface area contributed by atoms with Gasteiger partial charge in [-0.25, -0.2) is 8.42 Å². The first-order chi connectivity index (χ1) is 12.9. The van der Waals surface area contributed by atoms with Crippen molar-refractivity contribution >= 4 is 27.3 Å². The summed E-state index contributed by atoms with van der Waals surface area (Å²) in [6.45, 7) is 4.50. The lowest BCUT2D eigenvalue weighted by Gasteiger charge is -2.34. The monoisotopic (exact) mass is 408 g/mol. The van der Waals surface area contributed by atoms with E-state index in [0.29, 0.717) is 18.0 Å². The van der Waals surface area contributed by atoms with E-state index in [9.17, 15) is 13.2 Å². The topological polar surface area (TPSA) is 75.7 Å². The number of benzene rings is 1. The quantitative estimate of drug-likeness (QED) is 0.797. The van der Waals surface area contributed by atoms with Crippen LogP contribution in [0.15, 0.2) is 41.8 Å². The highest BCUT2D eigenvalue weighted by Gasteiger charge is 2.30. The molecule has 0 radical (unpaired) electrons. The standard InChI is InChI=1S/C19H24N2O4S2/c1-14-12-21(13-15(2)25-14)27(23,24)11-9-20-19(22)18-17(8-10-26-18)16-6-4-3-5-7-16/h3-8,10,14-15H,9,11-13H2,1-2H3,(H,20,22)/t14-,15+. The van der Waals surface area contributed by atoms with E-state index in [-0.39, 0.29) is 30.4 Å². The fourth-order valence-corrected chi connectivity index (χ4v) is 5.52. The van der Waals surface area contributed by atoms with E-state index in [2.05, 4.69) is 5.32 Å². The smallest absolute Gasteiger partial charge is 0.262 e. The summed E-state index contributed by atoms with van der Waals surface area (Å²) in [5.41, 5.74) is 1.82. The molecule has 146 valence electrons. The second-order valence-electron chi connectivity index (χ2n) is 6.68. The van der Waals surface area contributed by atoms with Gasteiger partial charge in [0.1, 0.15) is 0 Å². The van der Waals surface area contributed by atoms with Gasteiger partial charge in [0, 0.05) is 25.2 Å². The molecule has 1 aliphatic rings. The molecule has 1 saturated heterocycles. The Bertz CT molecular complexity index is 870. The van der Waals surface area contributed by atoms with Crippen molar-refractivity contribution in [1.29, 1.82) is 0 Å². The largest absolute Gasteiger partial charge is 0.373 e. The minimum Gasteiger partial charge on any atom is -0.373 e. The van der Waals surface area contributed by atoms with Gasteiger partial charge in [0.15, 0.2) is 0 Å². The Morgan fingerprint density at radius 1 is 1.19 bits per heavy atom. The van der Waals surface area contributed by atoms with Crippen LogP contribution in [0.1, 0.15) is 23.5 Å². The maximum Gasteiger partial charge on any atom is 0.262 e. The van der Waals surface area contributed by atoms with Crippen molar-refractivity contribution in [2.45, 2.75) is 26.1 Å². The molecular weight excluding hydrogens is 384 g/mol. The van der Waals surface area contributed by atoms with Crippen LogP contribution in [0.3, 0.4) is 0 Å². The van der Waals surface area contributed by atoms with Crippen LogP contribution in [-0.2, 0) is 14.8 Å². The average molecular weight is 409 g/mol. The van der Waals surface area contributed by atoms with Gasteiger partial charge in [0.2, 0.25) is 10.0 Å². The van der Waals surface area contributed by atoms with Crippen molar-refractivity contribution in [3.8, 4) is 11.1 Å². The van der Waals surface area contributed by atoms with Gasteiger partial charge in [0.05, 0.1) is 22.8 Å². The minimum atomic E-state index is -3.43. The lowest BCUT2D eigenvalue weighted by atomic mass is 10.1. The van der Waals surface area contributed by atoms with Gasteiger partial charge in [-0.3, -0.25) is 4.79 Å². The number of rotatable bonds is 6. The summed E-state index contributed by atoms with van der Waals surface area (Å²) >= 11 is 1.35. The zero-order valence-electron chi connectivity index (χ0n) is 15.4. The van der Waals surface area contributed by atoms with E-state index in [1.54, 1.807) is 0 Å². The van der Waals surface area contributed by atoms with Crippen molar-refractivity contribution < 1.29 is 17.9 Å². The van der Waals surface area contributed by atoms with E-state index >= 15 is 0 Å². The van der Waals surface area contributed by atoms with Gasteiger partial charge in [-0.15, -0.1) is 11.3 Å². The molecule has 0 unspecified atom stereocenters. The molecular formula is C19H24N2O4S2. The molecule has 27 heavy (non-hydrogen) atoms. The van der Waals surface area contributed by atoms with E-state index < -0.39 is 10.0 Å². The first kappa shape index (κ1) is 20.0. The van der Waals surface area contributed by atoms with Crippen molar-refractivity contribution in [2.24, 2.45) is 0 Å². The molecule has 0 spiro atoms. The number of sulfonamides is 1. The van der Waals surface area contributed by atoms with Gasteiger partial charge in [-0.1, -0.05) is 30.3 Å². The number of ether oxygens (including phenoxy) is 1. The van der Waals surface area contributed by atoms with E-state index in [1.165, 1.54) is 15.6 Å². The Morgan fingerprint density at radius 3 is 2.52 bits per heavy atom. The molecule has 2 heterocycles. The molecule has 8 heteroatoms. The molecule has 1 amide bonds. The Kier molecular flexibility index (Phi) is 6.31. The van der Waals surface area contributed by atoms with Crippen molar-refractivity contribution in [3.05, 3.63) is 46.7 Å². The number of carbonyl (C=O) groups excluding carboxylic acids is 1. The normalized spacial score (nSPS) is 21.1. The van der Waals surface area contributed by atoms with Crippen LogP contribution in [0.2, 0.25) is 0 Å². The van der Waals surface area contributed by atoms with Crippen LogP contribution in [-0.4, -0.2) is 56.2 Å². The maximum atomic E-state index is 12.6. The van der Waals surface area contributed by atoms with Crippen LogP contribution in [0, 0.1) is 0 Å². The van der Waals surface area contributed by atoms with Gasteiger partial charge in [0.25, 0.3) is 5.91 Å². The van der Waals surface area contributed by atoms with Crippen LogP contribution >= 0.6 is 11.3 Å². The molecule has 2 atom stereocenters. The zero-order chi connectivity index (χ0) is 19.4. The predicted octanol–water partition coefficient (Wildman–Crippen LogP) is 2.58. The lowest BCUT2D eigenvalue weighted by Crippen LogP contribution is -2.49. The van der Waals surface area contributed by atoms with Crippen molar-refractivity contribution in [3.63, 3.8) is 0 Å². The van der Waals surface area contributed by atoms with Crippen LogP contribution in [0.4, 0.5) is 0 Å². The summed E-state index contributed by atoms with van der Waals surface area (Å²) in [5, 5.41) is 4.61.